The van der Waals surface area contributed by atoms with Gasteiger partial charge < -0.3 is 14.8 Å². The summed E-state index contributed by atoms with van der Waals surface area (Å²) in [5.41, 5.74) is 1.44. The molecular weight excluding hydrogens is 404 g/mol. The van der Waals surface area contributed by atoms with E-state index >= 15 is 0 Å². The van der Waals surface area contributed by atoms with Gasteiger partial charge in [0, 0.05) is 31.0 Å². The van der Waals surface area contributed by atoms with Crippen LogP contribution < -0.4 is 14.8 Å². The van der Waals surface area contributed by atoms with Crippen molar-refractivity contribution in [1.82, 2.24) is 5.32 Å². The van der Waals surface area contributed by atoms with Crippen LogP contribution in [0.4, 0.5) is 5.69 Å². The molecule has 2 aromatic rings. The van der Waals surface area contributed by atoms with Gasteiger partial charge in [-0.25, -0.2) is 8.42 Å². The number of nitrogens with one attached hydrogen (secondary N) is 2. The van der Waals surface area contributed by atoms with Crippen molar-refractivity contribution in [2.45, 2.75) is 32.1 Å². The molecule has 0 atom stereocenters. The molecule has 2 aromatic carbocycles. The highest BCUT2D eigenvalue weighted by molar-refractivity contribution is 7.92. The number of hydrogen-bond acceptors (Lipinski definition) is 5. The Balaban J connectivity index is 2.02. The van der Waals surface area contributed by atoms with Gasteiger partial charge in [0.15, 0.2) is 0 Å². The second-order valence-corrected chi connectivity index (χ2v) is 9.07. The lowest BCUT2D eigenvalue weighted by Crippen LogP contribution is -2.26. The molecule has 1 amide bonds. The smallest absolute Gasteiger partial charge is 0.261 e. The Bertz CT molecular complexity index is 941. The molecule has 0 aliphatic carbocycles. The molecule has 2 N–H and O–H groups in total. The van der Waals surface area contributed by atoms with E-state index in [0.717, 1.165) is 0 Å². The highest BCUT2D eigenvalue weighted by atomic mass is 32.2. The monoisotopic (exact) mass is 434 g/mol. The zero-order chi connectivity index (χ0) is 22.1. The third-order valence-electron chi connectivity index (χ3n) is 4.31. The van der Waals surface area contributed by atoms with Crippen molar-refractivity contribution in [1.29, 1.82) is 0 Å². The van der Waals surface area contributed by atoms with Crippen LogP contribution in [0.15, 0.2) is 47.4 Å². The number of carbonyl (C=O) groups excluding carboxylic acids is 1. The molecule has 0 radical (unpaired) electrons. The van der Waals surface area contributed by atoms with Crippen LogP contribution in [0.25, 0.3) is 0 Å². The summed E-state index contributed by atoms with van der Waals surface area (Å²) < 4.78 is 38.6. The number of benzene rings is 2. The standard InChI is InChI=1S/C22H30N2O5S/c1-16(2)15-29-13-5-12-23-22(25)21-14-20(11-6-17(21)3)30(26,27)24-18-7-9-19(28-4)10-8-18/h6-11,14,16,24H,5,12-13,15H2,1-4H3,(H,23,25). The molecule has 0 bridgehead atoms. The van der Waals surface area contributed by atoms with E-state index in [1.807, 2.05) is 0 Å². The van der Waals surface area contributed by atoms with Crippen LogP contribution in [-0.4, -0.2) is 41.2 Å². The zero-order valence-electron chi connectivity index (χ0n) is 17.9. The molecule has 0 aliphatic rings. The van der Waals surface area contributed by atoms with Gasteiger partial charge >= 0.3 is 0 Å². The fourth-order valence-corrected chi connectivity index (χ4v) is 3.76. The first-order chi connectivity index (χ1) is 14.2. The molecule has 2 rings (SSSR count). The maximum absolute atomic E-state index is 12.7. The van der Waals surface area contributed by atoms with Crippen molar-refractivity contribution < 1.29 is 22.7 Å². The van der Waals surface area contributed by atoms with Crippen LogP contribution in [0.5, 0.6) is 5.75 Å². The van der Waals surface area contributed by atoms with E-state index in [-0.39, 0.29) is 10.8 Å². The predicted octanol–water partition coefficient (Wildman–Crippen LogP) is 3.60. The molecule has 0 aromatic heterocycles. The largest absolute Gasteiger partial charge is 0.497 e. The second-order valence-electron chi connectivity index (χ2n) is 7.39. The first kappa shape index (κ1) is 23.7. The number of sulfonamides is 1. The topological polar surface area (TPSA) is 93.7 Å². The zero-order valence-corrected chi connectivity index (χ0v) is 18.7. The average Bonchev–Trinajstić information content (AvgIpc) is 2.70. The van der Waals surface area contributed by atoms with E-state index in [0.29, 0.717) is 54.7 Å². The summed E-state index contributed by atoms with van der Waals surface area (Å²) in [6, 6.07) is 11.1. The summed E-state index contributed by atoms with van der Waals surface area (Å²) in [6.45, 7) is 7.64. The summed E-state index contributed by atoms with van der Waals surface area (Å²) >= 11 is 0. The van der Waals surface area contributed by atoms with Crippen LogP contribution in [-0.2, 0) is 14.8 Å². The quantitative estimate of drug-likeness (QED) is 0.527. The number of carbonyl (C=O) groups is 1. The Morgan fingerprint density at radius 3 is 2.43 bits per heavy atom. The van der Waals surface area contributed by atoms with Crippen molar-refractivity contribution >= 4 is 21.6 Å². The summed E-state index contributed by atoms with van der Waals surface area (Å²) in [5.74, 6) is 0.790. The van der Waals surface area contributed by atoms with Gasteiger partial charge in [0.05, 0.1) is 12.0 Å². The highest BCUT2D eigenvalue weighted by Gasteiger charge is 2.18. The molecule has 0 saturated carbocycles. The number of ether oxygens (including phenoxy) is 2. The fourth-order valence-electron chi connectivity index (χ4n) is 2.68. The highest BCUT2D eigenvalue weighted by Crippen LogP contribution is 2.21. The maximum Gasteiger partial charge on any atom is 0.261 e. The molecule has 30 heavy (non-hydrogen) atoms. The number of aryl methyl sites for hydroxylation is 1. The van der Waals surface area contributed by atoms with E-state index in [9.17, 15) is 13.2 Å². The SMILES string of the molecule is COc1ccc(NS(=O)(=O)c2ccc(C)c(C(=O)NCCCOCC(C)C)c2)cc1. The van der Waals surface area contributed by atoms with Crippen LogP contribution in [0.2, 0.25) is 0 Å². The summed E-state index contributed by atoms with van der Waals surface area (Å²) in [6.07, 6.45) is 0.689. The number of amides is 1. The van der Waals surface area contributed by atoms with Gasteiger partial charge in [0.25, 0.3) is 15.9 Å². The average molecular weight is 435 g/mol. The molecular formula is C22H30N2O5S. The molecule has 0 fully saturated rings. The lowest BCUT2D eigenvalue weighted by molar-refractivity contribution is 0.0924. The molecule has 0 aliphatic heterocycles. The normalized spacial score (nSPS) is 11.4. The van der Waals surface area contributed by atoms with E-state index in [1.54, 1.807) is 37.3 Å². The number of hydrogen-bond donors (Lipinski definition) is 2. The first-order valence-electron chi connectivity index (χ1n) is 9.86. The van der Waals surface area contributed by atoms with Crippen molar-refractivity contribution in [3.63, 3.8) is 0 Å². The third kappa shape index (κ3) is 7.03. The van der Waals surface area contributed by atoms with Crippen molar-refractivity contribution in [2.24, 2.45) is 5.92 Å². The summed E-state index contributed by atoms with van der Waals surface area (Å²) in [7, 11) is -2.30. The Hall–Kier alpha value is -2.58. The van der Waals surface area contributed by atoms with Crippen LogP contribution in [0.1, 0.15) is 36.2 Å². The second kappa shape index (κ2) is 11.0. The summed E-state index contributed by atoms with van der Waals surface area (Å²) in [4.78, 5) is 12.6. The Morgan fingerprint density at radius 1 is 1.10 bits per heavy atom. The van der Waals surface area contributed by atoms with Gasteiger partial charge in [0.2, 0.25) is 0 Å². The maximum atomic E-state index is 12.7. The minimum Gasteiger partial charge on any atom is -0.497 e. The van der Waals surface area contributed by atoms with Crippen LogP contribution in [0, 0.1) is 12.8 Å². The van der Waals surface area contributed by atoms with Gasteiger partial charge in [-0.15, -0.1) is 0 Å². The molecule has 7 nitrogen and oxygen atoms in total. The van der Waals surface area contributed by atoms with Gasteiger partial charge in [-0.3, -0.25) is 9.52 Å². The molecule has 0 saturated heterocycles. The van der Waals surface area contributed by atoms with Gasteiger partial charge in [-0.05, 0) is 61.2 Å². The van der Waals surface area contributed by atoms with Gasteiger partial charge in [-0.2, -0.15) is 0 Å². The first-order valence-corrected chi connectivity index (χ1v) is 11.3. The molecule has 0 spiro atoms. The Kier molecular flexibility index (Phi) is 8.68. The van der Waals surface area contributed by atoms with Crippen molar-refractivity contribution in [3.8, 4) is 5.75 Å². The summed E-state index contributed by atoms with van der Waals surface area (Å²) in [5, 5.41) is 2.82. The van der Waals surface area contributed by atoms with E-state index in [2.05, 4.69) is 23.9 Å². The predicted molar refractivity (Wildman–Crippen MR) is 118 cm³/mol. The lowest BCUT2D eigenvalue weighted by atomic mass is 10.1. The van der Waals surface area contributed by atoms with Gasteiger partial charge in [0.1, 0.15) is 5.75 Å². The van der Waals surface area contributed by atoms with E-state index in [4.69, 9.17) is 9.47 Å². The van der Waals surface area contributed by atoms with Gasteiger partial charge in [-0.1, -0.05) is 19.9 Å². The molecule has 8 heteroatoms. The van der Waals surface area contributed by atoms with Crippen molar-refractivity contribution in [3.05, 3.63) is 53.6 Å². The van der Waals surface area contributed by atoms with Crippen molar-refractivity contribution in [2.75, 3.05) is 31.6 Å². The number of anilines is 1. The van der Waals surface area contributed by atoms with E-state index < -0.39 is 10.0 Å². The van der Waals surface area contributed by atoms with Crippen LogP contribution >= 0.6 is 0 Å². The molecule has 164 valence electrons. The minimum atomic E-state index is -3.84. The third-order valence-corrected chi connectivity index (χ3v) is 5.69. The number of rotatable bonds is 11. The lowest BCUT2D eigenvalue weighted by Gasteiger charge is -2.12. The fraction of sp³-hybridized carbons (Fsp3) is 0.409. The molecule has 0 unspecified atom stereocenters. The van der Waals surface area contributed by atoms with E-state index in [1.165, 1.54) is 19.2 Å². The van der Waals surface area contributed by atoms with Crippen LogP contribution in [0.3, 0.4) is 0 Å². The Labute approximate surface area is 178 Å². The Morgan fingerprint density at radius 2 is 1.80 bits per heavy atom. The number of methoxy groups -OCH3 is 1. The minimum absolute atomic E-state index is 0.0225. The molecule has 0 heterocycles.